The van der Waals surface area contributed by atoms with Crippen molar-refractivity contribution in [1.29, 1.82) is 0 Å². The summed E-state index contributed by atoms with van der Waals surface area (Å²) >= 11 is 0. The molecule has 2 N–H and O–H groups in total. The summed E-state index contributed by atoms with van der Waals surface area (Å²) in [6.07, 6.45) is 0. The van der Waals surface area contributed by atoms with Gasteiger partial charge >= 0.3 is 0 Å². The molecule has 0 spiro atoms. The van der Waals surface area contributed by atoms with Crippen molar-refractivity contribution in [2.24, 2.45) is 0 Å². The first-order chi connectivity index (χ1) is 9.60. The average molecular weight is 277 g/mol. The smallest absolute Gasteiger partial charge is 0.126 e. The van der Waals surface area contributed by atoms with Gasteiger partial charge in [-0.1, -0.05) is 30.3 Å². The van der Waals surface area contributed by atoms with Crippen LogP contribution in [0.3, 0.4) is 0 Å². The summed E-state index contributed by atoms with van der Waals surface area (Å²) in [7, 11) is 0. The first-order valence-corrected chi connectivity index (χ1v) is 6.48. The van der Waals surface area contributed by atoms with Crippen molar-refractivity contribution in [3.63, 3.8) is 0 Å². The number of hydrogen-bond donors (Lipinski definition) is 2. The van der Waals surface area contributed by atoms with E-state index in [1.807, 2.05) is 30.3 Å². The Kier molecular flexibility index (Phi) is 4.82. The van der Waals surface area contributed by atoms with Crippen LogP contribution in [0.15, 0.2) is 48.5 Å². The summed E-state index contributed by atoms with van der Waals surface area (Å²) in [6.45, 7) is 1.71. The van der Waals surface area contributed by atoms with Crippen molar-refractivity contribution in [1.82, 2.24) is 5.32 Å². The molecule has 0 aromatic heterocycles. The second kappa shape index (κ2) is 6.59. The Hall–Kier alpha value is -1.78. The molecule has 0 radical (unpaired) electrons. The third-order valence-corrected chi connectivity index (χ3v) is 3.22. The van der Waals surface area contributed by atoms with E-state index < -0.39 is 11.6 Å². The van der Waals surface area contributed by atoms with Gasteiger partial charge in [0.2, 0.25) is 0 Å². The fourth-order valence-corrected chi connectivity index (χ4v) is 2.16. The fourth-order valence-electron chi connectivity index (χ4n) is 2.16. The van der Waals surface area contributed by atoms with Gasteiger partial charge in [0, 0.05) is 12.1 Å². The third-order valence-electron chi connectivity index (χ3n) is 3.22. The van der Waals surface area contributed by atoms with E-state index in [0.717, 1.165) is 11.6 Å². The van der Waals surface area contributed by atoms with Gasteiger partial charge in [0.25, 0.3) is 0 Å². The SMILES string of the molecule is CC(NC(CO)c1ccccc1)c1cc(F)cc(F)c1. The van der Waals surface area contributed by atoms with Gasteiger partial charge in [0.1, 0.15) is 11.6 Å². The van der Waals surface area contributed by atoms with E-state index in [9.17, 15) is 13.9 Å². The fraction of sp³-hybridized carbons (Fsp3) is 0.250. The molecule has 2 rings (SSSR count). The van der Waals surface area contributed by atoms with E-state index in [1.54, 1.807) is 6.92 Å². The van der Waals surface area contributed by atoms with Crippen LogP contribution in [0.1, 0.15) is 30.1 Å². The van der Waals surface area contributed by atoms with E-state index in [4.69, 9.17) is 0 Å². The van der Waals surface area contributed by atoms with Gasteiger partial charge in [-0.2, -0.15) is 0 Å². The van der Waals surface area contributed by atoms with Crippen LogP contribution in [-0.2, 0) is 0 Å². The number of halogens is 2. The van der Waals surface area contributed by atoms with E-state index in [-0.39, 0.29) is 18.7 Å². The molecule has 0 amide bonds. The van der Waals surface area contributed by atoms with Crippen LogP contribution in [0, 0.1) is 11.6 Å². The molecule has 0 fully saturated rings. The standard InChI is InChI=1S/C16H17F2NO/c1-11(13-7-14(17)9-15(18)8-13)19-16(10-20)12-5-3-2-4-6-12/h2-9,11,16,19-20H,10H2,1H3. The summed E-state index contributed by atoms with van der Waals surface area (Å²) in [5.41, 5.74) is 1.44. The Balaban J connectivity index is 2.15. The maximum Gasteiger partial charge on any atom is 0.126 e. The van der Waals surface area contributed by atoms with E-state index in [0.29, 0.717) is 5.56 Å². The lowest BCUT2D eigenvalue weighted by molar-refractivity contribution is 0.235. The van der Waals surface area contributed by atoms with Crippen molar-refractivity contribution in [3.8, 4) is 0 Å². The first kappa shape index (κ1) is 14.6. The molecule has 2 aromatic carbocycles. The molecule has 0 aliphatic carbocycles. The zero-order valence-corrected chi connectivity index (χ0v) is 11.2. The normalized spacial score (nSPS) is 14.0. The third kappa shape index (κ3) is 3.62. The molecule has 2 nitrogen and oxygen atoms in total. The lowest BCUT2D eigenvalue weighted by Gasteiger charge is -2.22. The quantitative estimate of drug-likeness (QED) is 0.878. The van der Waals surface area contributed by atoms with Crippen molar-refractivity contribution >= 4 is 0 Å². The minimum absolute atomic E-state index is 0.0911. The summed E-state index contributed by atoms with van der Waals surface area (Å²) in [5, 5.41) is 12.6. The highest BCUT2D eigenvalue weighted by atomic mass is 19.1. The van der Waals surface area contributed by atoms with Crippen LogP contribution in [-0.4, -0.2) is 11.7 Å². The van der Waals surface area contributed by atoms with Crippen LogP contribution >= 0.6 is 0 Å². The lowest BCUT2D eigenvalue weighted by atomic mass is 10.0. The summed E-state index contributed by atoms with van der Waals surface area (Å²) in [6, 6.07) is 12.3. The summed E-state index contributed by atoms with van der Waals surface area (Å²) in [4.78, 5) is 0. The topological polar surface area (TPSA) is 32.3 Å². The number of aliphatic hydroxyl groups excluding tert-OH is 1. The van der Waals surface area contributed by atoms with Crippen molar-refractivity contribution < 1.29 is 13.9 Å². The number of hydrogen-bond acceptors (Lipinski definition) is 2. The predicted molar refractivity (Wildman–Crippen MR) is 74.2 cm³/mol. The molecule has 20 heavy (non-hydrogen) atoms. The van der Waals surface area contributed by atoms with Crippen LogP contribution in [0.2, 0.25) is 0 Å². The second-order valence-electron chi connectivity index (χ2n) is 4.74. The highest BCUT2D eigenvalue weighted by molar-refractivity contribution is 5.23. The predicted octanol–water partition coefficient (Wildman–Crippen LogP) is 3.35. The van der Waals surface area contributed by atoms with Gasteiger partial charge < -0.3 is 10.4 Å². The molecular formula is C16H17F2NO. The number of benzene rings is 2. The van der Waals surface area contributed by atoms with Gasteiger partial charge in [-0.25, -0.2) is 8.78 Å². The molecule has 2 atom stereocenters. The van der Waals surface area contributed by atoms with Crippen LogP contribution in [0.4, 0.5) is 8.78 Å². The molecule has 0 bridgehead atoms. The number of rotatable bonds is 5. The van der Waals surface area contributed by atoms with E-state index in [1.165, 1.54) is 12.1 Å². The Labute approximate surface area is 117 Å². The van der Waals surface area contributed by atoms with Gasteiger partial charge in [0.05, 0.1) is 12.6 Å². The molecule has 0 aliphatic rings. The van der Waals surface area contributed by atoms with Crippen LogP contribution in [0.5, 0.6) is 0 Å². The summed E-state index contributed by atoms with van der Waals surface area (Å²) < 4.78 is 26.4. The molecule has 4 heteroatoms. The van der Waals surface area contributed by atoms with Gasteiger partial charge in [-0.3, -0.25) is 0 Å². The maximum absolute atomic E-state index is 13.2. The maximum atomic E-state index is 13.2. The van der Waals surface area contributed by atoms with Crippen molar-refractivity contribution in [3.05, 3.63) is 71.3 Å². The molecular weight excluding hydrogens is 260 g/mol. The number of nitrogens with one attached hydrogen (secondary N) is 1. The van der Waals surface area contributed by atoms with Gasteiger partial charge in [-0.05, 0) is 30.2 Å². The molecule has 0 saturated carbocycles. The van der Waals surface area contributed by atoms with Crippen molar-refractivity contribution in [2.45, 2.75) is 19.0 Å². The zero-order chi connectivity index (χ0) is 14.5. The largest absolute Gasteiger partial charge is 0.394 e. The van der Waals surface area contributed by atoms with Gasteiger partial charge in [0.15, 0.2) is 0 Å². The second-order valence-corrected chi connectivity index (χ2v) is 4.74. The molecule has 2 unspecified atom stereocenters. The molecule has 0 heterocycles. The Morgan fingerprint density at radius 1 is 1.00 bits per heavy atom. The van der Waals surface area contributed by atoms with Crippen molar-refractivity contribution in [2.75, 3.05) is 6.61 Å². The highest BCUT2D eigenvalue weighted by Gasteiger charge is 2.15. The number of aliphatic hydroxyl groups is 1. The molecule has 0 saturated heterocycles. The minimum atomic E-state index is -0.603. The minimum Gasteiger partial charge on any atom is -0.394 e. The Morgan fingerprint density at radius 2 is 1.60 bits per heavy atom. The van der Waals surface area contributed by atoms with Crippen LogP contribution < -0.4 is 5.32 Å². The first-order valence-electron chi connectivity index (χ1n) is 6.48. The molecule has 0 aliphatic heterocycles. The van der Waals surface area contributed by atoms with Crippen LogP contribution in [0.25, 0.3) is 0 Å². The van der Waals surface area contributed by atoms with Gasteiger partial charge in [-0.15, -0.1) is 0 Å². The summed E-state index contributed by atoms with van der Waals surface area (Å²) in [5.74, 6) is -1.21. The van der Waals surface area contributed by atoms with E-state index >= 15 is 0 Å². The Morgan fingerprint density at radius 3 is 2.15 bits per heavy atom. The monoisotopic (exact) mass is 277 g/mol. The lowest BCUT2D eigenvalue weighted by Crippen LogP contribution is -2.27. The highest BCUT2D eigenvalue weighted by Crippen LogP contribution is 2.21. The average Bonchev–Trinajstić information content (AvgIpc) is 2.44. The van der Waals surface area contributed by atoms with E-state index in [2.05, 4.69) is 5.32 Å². The molecule has 106 valence electrons. The Bertz CT molecular complexity index is 539. The zero-order valence-electron chi connectivity index (χ0n) is 11.2. The molecule has 2 aromatic rings.